The van der Waals surface area contributed by atoms with Gasteiger partial charge < -0.3 is 15.0 Å². The first-order chi connectivity index (χ1) is 19.5. The number of nitrogens with one attached hydrogen (secondary N) is 1. The number of piperidine rings is 2. The number of hydrogen-bond acceptors (Lipinski definition) is 7. The molecule has 0 radical (unpaired) electrons. The highest BCUT2D eigenvalue weighted by atomic mass is 16.6. The zero-order valence-corrected chi connectivity index (χ0v) is 25.0. The monoisotopic (exact) mass is 552 g/mol. The van der Waals surface area contributed by atoms with Gasteiger partial charge in [-0.2, -0.15) is 0 Å². The van der Waals surface area contributed by atoms with Crippen molar-refractivity contribution in [2.45, 2.75) is 81.1 Å². The molecule has 7 rings (SSSR count). The third kappa shape index (κ3) is 6.51. The SMILES string of the molecule is CN1CCN(C2CCN(C(=O)OCc3ccccc3)CC2)CC12CC2.CN1CCN(C2CCNCC2)CC12CC2. The molecule has 8 heteroatoms. The van der Waals surface area contributed by atoms with Gasteiger partial charge in [0.1, 0.15) is 6.61 Å². The number of benzene rings is 1. The number of likely N-dealkylation sites (N-methyl/N-ethyl adjacent to an activating group) is 2. The molecule has 0 unspecified atom stereocenters. The highest BCUT2D eigenvalue weighted by molar-refractivity contribution is 5.67. The molecule has 8 nitrogen and oxygen atoms in total. The van der Waals surface area contributed by atoms with E-state index in [9.17, 15) is 4.79 Å². The molecule has 1 N–H and O–H groups in total. The first-order valence-corrected chi connectivity index (χ1v) is 16.0. The van der Waals surface area contributed by atoms with Crippen LogP contribution in [0.4, 0.5) is 4.79 Å². The molecule has 0 atom stereocenters. The summed E-state index contributed by atoms with van der Waals surface area (Å²) < 4.78 is 5.47. The van der Waals surface area contributed by atoms with E-state index in [0.29, 0.717) is 23.7 Å². The smallest absolute Gasteiger partial charge is 0.410 e. The lowest BCUT2D eigenvalue weighted by Crippen LogP contribution is -2.58. The summed E-state index contributed by atoms with van der Waals surface area (Å²) in [6.07, 6.45) is 10.3. The molecule has 1 aromatic rings. The van der Waals surface area contributed by atoms with Crippen LogP contribution in [0.2, 0.25) is 0 Å². The number of ether oxygens (including phenoxy) is 1. The van der Waals surface area contributed by atoms with Gasteiger partial charge in [-0.05, 0) is 84.1 Å². The molecule has 4 saturated heterocycles. The van der Waals surface area contributed by atoms with Crippen molar-refractivity contribution in [3.63, 3.8) is 0 Å². The molecular formula is C32H52N6O2. The molecule has 6 aliphatic rings. The van der Waals surface area contributed by atoms with E-state index < -0.39 is 0 Å². The minimum absolute atomic E-state index is 0.167. The van der Waals surface area contributed by atoms with Gasteiger partial charge in [0.2, 0.25) is 0 Å². The van der Waals surface area contributed by atoms with Crippen molar-refractivity contribution in [1.29, 1.82) is 0 Å². The first kappa shape index (κ1) is 28.4. The minimum Gasteiger partial charge on any atom is -0.445 e. The molecule has 0 bridgehead atoms. The Morgan fingerprint density at radius 2 is 1.30 bits per heavy atom. The molecule has 1 aromatic carbocycles. The van der Waals surface area contributed by atoms with E-state index in [1.54, 1.807) is 0 Å². The fraction of sp³-hybridized carbons (Fsp3) is 0.781. The lowest BCUT2D eigenvalue weighted by Gasteiger charge is -2.45. The standard InChI is InChI=1S/C20H29N3O2.C12H23N3/c1-21-13-14-23(16-20(21)9-10-20)18-7-11-22(12-8-18)19(24)25-15-17-5-3-2-4-6-17;1-14-8-9-15(10-12(14)4-5-12)11-2-6-13-7-3-11/h2-6,18H,7-16H2,1H3;11,13H,2-10H2,1H3. The molecule has 222 valence electrons. The van der Waals surface area contributed by atoms with E-state index >= 15 is 0 Å². The summed E-state index contributed by atoms with van der Waals surface area (Å²) in [5.41, 5.74) is 2.12. The van der Waals surface area contributed by atoms with Gasteiger partial charge in [-0.15, -0.1) is 0 Å². The summed E-state index contributed by atoms with van der Waals surface area (Å²) in [6.45, 7) is 11.9. The number of likely N-dealkylation sites (tertiary alicyclic amines) is 1. The van der Waals surface area contributed by atoms with Crippen molar-refractivity contribution in [3.8, 4) is 0 Å². The zero-order chi connectivity index (χ0) is 27.6. The van der Waals surface area contributed by atoms with Crippen molar-refractivity contribution in [1.82, 2.24) is 29.8 Å². The van der Waals surface area contributed by atoms with Crippen LogP contribution in [0, 0.1) is 0 Å². The zero-order valence-electron chi connectivity index (χ0n) is 25.0. The number of rotatable bonds is 4. The molecule has 2 aliphatic carbocycles. The van der Waals surface area contributed by atoms with E-state index in [1.807, 2.05) is 35.2 Å². The number of piperazine rings is 2. The maximum atomic E-state index is 12.3. The minimum atomic E-state index is -0.167. The summed E-state index contributed by atoms with van der Waals surface area (Å²) in [5.74, 6) is 0. The van der Waals surface area contributed by atoms with Crippen LogP contribution in [0.25, 0.3) is 0 Å². The summed E-state index contributed by atoms with van der Waals surface area (Å²) in [7, 11) is 4.59. The quantitative estimate of drug-likeness (QED) is 0.616. The third-order valence-corrected chi connectivity index (χ3v) is 11.0. The maximum absolute atomic E-state index is 12.3. The molecule has 40 heavy (non-hydrogen) atoms. The van der Waals surface area contributed by atoms with E-state index in [4.69, 9.17) is 4.74 Å². The second-order valence-electron chi connectivity index (χ2n) is 13.5. The van der Waals surface area contributed by atoms with Gasteiger partial charge in [-0.25, -0.2) is 4.79 Å². The topological polar surface area (TPSA) is 54.5 Å². The highest BCUT2D eigenvalue weighted by Gasteiger charge is 2.51. The second kappa shape index (κ2) is 12.3. The fourth-order valence-electron chi connectivity index (χ4n) is 7.57. The van der Waals surface area contributed by atoms with Gasteiger partial charge in [0, 0.05) is 75.5 Å². The van der Waals surface area contributed by atoms with Gasteiger partial charge in [-0.3, -0.25) is 19.6 Å². The summed E-state index contributed by atoms with van der Waals surface area (Å²) >= 11 is 0. The van der Waals surface area contributed by atoms with E-state index in [1.165, 1.54) is 90.9 Å². The van der Waals surface area contributed by atoms with Crippen LogP contribution in [0.5, 0.6) is 0 Å². The van der Waals surface area contributed by atoms with Gasteiger partial charge in [-0.1, -0.05) is 30.3 Å². The van der Waals surface area contributed by atoms with E-state index in [0.717, 1.165) is 37.5 Å². The Labute approximate surface area is 242 Å². The van der Waals surface area contributed by atoms with Crippen molar-refractivity contribution in [2.24, 2.45) is 0 Å². The Morgan fingerprint density at radius 1 is 0.775 bits per heavy atom. The Bertz CT molecular complexity index is 969. The Kier molecular flexibility index (Phi) is 8.71. The Balaban J connectivity index is 0.000000164. The summed E-state index contributed by atoms with van der Waals surface area (Å²) in [4.78, 5) is 24.8. The van der Waals surface area contributed by atoms with Crippen molar-refractivity contribution < 1.29 is 9.53 Å². The van der Waals surface area contributed by atoms with Gasteiger partial charge >= 0.3 is 6.09 Å². The molecule has 2 saturated carbocycles. The van der Waals surface area contributed by atoms with Gasteiger partial charge in [0.25, 0.3) is 0 Å². The maximum Gasteiger partial charge on any atom is 0.410 e. The van der Waals surface area contributed by atoms with Crippen LogP contribution in [-0.4, -0.2) is 133 Å². The predicted octanol–water partition coefficient (Wildman–Crippen LogP) is 3.09. The summed E-state index contributed by atoms with van der Waals surface area (Å²) in [5, 5.41) is 3.46. The van der Waals surface area contributed by atoms with Crippen molar-refractivity contribution in [3.05, 3.63) is 35.9 Å². The van der Waals surface area contributed by atoms with Crippen LogP contribution >= 0.6 is 0 Å². The number of carbonyl (C=O) groups is 1. The van der Waals surface area contributed by atoms with Crippen molar-refractivity contribution in [2.75, 3.05) is 79.5 Å². The van der Waals surface area contributed by atoms with Gasteiger partial charge in [0.15, 0.2) is 0 Å². The summed E-state index contributed by atoms with van der Waals surface area (Å²) in [6, 6.07) is 11.4. The number of carbonyl (C=O) groups excluding carboxylic acids is 1. The van der Waals surface area contributed by atoms with Crippen molar-refractivity contribution >= 4 is 6.09 Å². The average molecular weight is 553 g/mol. The fourth-order valence-corrected chi connectivity index (χ4v) is 7.57. The largest absolute Gasteiger partial charge is 0.445 e. The molecule has 2 spiro atoms. The lowest BCUT2D eigenvalue weighted by atomic mass is 10.0. The van der Waals surface area contributed by atoms with E-state index in [2.05, 4.69) is 39.0 Å². The van der Waals surface area contributed by atoms with Gasteiger partial charge in [0.05, 0.1) is 0 Å². The third-order valence-electron chi connectivity index (χ3n) is 11.0. The van der Waals surface area contributed by atoms with Crippen LogP contribution in [0.3, 0.4) is 0 Å². The van der Waals surface area contributed by atoms with Crippen LogP contribution in [-0.2, 0) is 11.3 Å². The van der Waals surface area contributed by atoms with Crippen LogP contribution < -0.4 is 5.32 Å². The molecule has 4 aliphatic heterocycles. The van der Waals surface area contributed by atoms with Crippen LogP contribution in [0.15, 0.2) is 30.3 Å². The Hall–Kier alpha value is -1.71. The van der Waals surface area contributed by atoms with E-state index in [-0.39, 0.29) is 6.09 Å². The highest BCUT2D eigenvalue weighted by Crippen LogP contribution is 2.45. The first-order valence-electron chi connectivity index (χ1n) is 16.0. The molecule has 0 aromatic heterocycles. The molecule has 1 amide bonds. The lowest BCUT2D eigenvalue weighted by molar-refractivity contribution is 0.0231. The molecule has 6 fully saturated rings. The van der Waals surface area contributed by atoms with Crippen LogP contribution in [0.1, 0.15) is 56.9 Å². The number of nitrogens with zero attached hydrogens (tertiary/aromatic N) is 5. The Morgan fingerprint density at radius 3 is 1.82 bits per heavy atom. The second-order valence-corrected chi connectivity index (χ2v) is 13.5. The molecule has 4 heterocycles. The average Bonchev–Trinajstić information content (AvgIpc) is 3.94. The predicted molar refractivity (Wildman–Crippen MR) is 159 cm³/mol. The number of amides is 1. The molecular weight excluding hydrogens is 500 g/mol. The number of hydrogen-bond donors (Lipinski definition) is 1. The normalized spacial score (nSPS) is 27.8.